The van der Waals surface area contributed by atoms with Crippen LogP contribution >= 0.6 is 0 Å². The first kappa shape index (κ1) is 20.0. The minimum atomic E-state index is -0.537. The molecule has 5 nitrogen and oxygen atoms in total. The Morgan fingerprint density at radius 2 is 1.90 bits per heavy atom. The molecule has 1 atom stereocenters. The van der Waals surface area contributed by atoms with Gasteiger partial charge in [0.15, 0.2) is 0 Å². The van der Waals surface area contributed by atoms with Gasteiger partial charge in [-0.2, -0.15) is 0 Å². The third-order valence-electron chi connectivity index (χ3n) is 5.45. The van der Waals surface area contributed by atoms with Gasteiger partial charge in [0, 0.05) is 26.2 Å². The average Bonchev–Trinajstić information content (AvgIpc) is 2.75. The SMILES string of the molecule is O=C(C[C@@H]1C(=O)NCCN1Cc1cccc2ccccc12)NCc1cccc(F)c1. The van der Waals surface area contributed by atoms with Gasteiger partial charge < -0.3 is 10.6 Å². The van der Waals surface area contributed by atoms with E-state index in [2.05, 4.69) is 39.8 Å². The molecule has 0 radical (unpaired) electrons. The molecule has 0 spiro atoms. The topological polar surface area (TPSA) is 61.4 Å². The second-order valence-electron chi connectivity index (χ2n) is 7.53. The van der Waals surface area contributed by atoms with Crippen LogP contribution in [0.5, 0.6) is 0 Å². The van der Waals surface area contributed by atoms with Crippen LogP contribution in [0.2, 0.25) is 0 Å². The van der Waals surface area contributed by atoms with E-state index < -0.39 is 6.04 Å². The summed E-state index contributed by atoms with van der Waals surface area (Å²) in [6.45, 7) is 2.06. The first-order valence-electron chi connectivity index (χ1n) is 10.1. The van der Waals surface area contributed by atoms with E-state index in [-0.39, 0.29) is 30.6 Å². The van der Waals surface area contributed by atoms with Gasteiger partial charge in [-0.25, -0.2) is 4.39 Å². The Labute approximate surface area is 174 Å². The van der Waals surface area contributed by atoms with Crippen molar-refractivity contribution in [2.45, 2.75) is 25.6 Å². The first-order chi connectivity index (χ1) is 14.6. The highest BCUT2D eigenvalue weighted by molar-refractivity contribution is 5.89. The lowest BCUT2D eigenvalue weighted by Crippen LogP contribution is -2.56. The third-order valence-corrected chi connectivity index (χ3v) is 5.45. The van der Waals surface area contributed by atoms with Crippen molar-refractivity contribution in [3.63, 3.8) is 0 Å². The van der Waals surface area contributed by atoms with Gasteiger partial charge in [0.2, 0.25) is 11.8 Å². The Balaban J connectivity index is 1.45. The molecule has 1 fully saturated rings. The lowest BCUT2D eigenvalue weighted by molar-refractivity contribution is -0.134. The lowest BCUT2D eigenvalue weighted by atomic mass is 10.0. The summed E-state index contributed by atoms with van der Waals surface area (Å²) < 4.78 is 13.3. The van der Waals surface area contributed by atoms with Crippen LogP contribution in [-0.2, 0) is 22.7 Å². The van der Waals surface area contributed by atoms with Crippen LogP contribution in [0.1, 0.15) is 17.5 Å². The predicted molar refractivity (Wildman–Crippen MR) is 114 cm³/mol. The van der Waals surface area contributed by atoms with Gasteiger partial charge in [-0.15, -0.1) is 0 Å². The second kappa shape index (κ2) is 9.05. The number of hydrogen-bond donors (Lipinski definition) is 2. The molecule has 0 saturated carbocycles. The highest BCUT2D eigenvalue weighted by atomic mass is 19.1. The molecule has 3 aromatic rings. The Morgan fingerprint density at radius 1 is 1.10 bits per heavy atom. The van der Waals surface area contributed by atoms with Crippen molar-refractivity contribution < 1.29 is 14.0 Å². The molecule has 0 bridgehead atoms. The normalized spacial score (nSPS) is 17.0. The maximum absolute atomic E-state index is 13.3. The molecule has 3 aromatic carbocycles. The molecular weight excluding hydrogens is 381 g/mol. The van der Waals surface area contributed by atoms with Gasteiger partial charge in [-0.3, -0.25) is 14.5 Å². The van der Waals surface area contributed by atoms with E-state index in [1.807, 2.05) is 18.2 Å². The molecule has 1 saturated heterocycles. The van der Waals surface area contributed by atoms with Crippen LogP contribution in [0.15, 0.2) is 66.7 Å². The van der Waals surface area contributed by atoms with Crippen molar-refractivity contribution in [2.75, 3.05) is 13.1 Å². The maximum Gasteiger partial charge on any atom is 0.237 e. The number of carbonyl (C=O) groups excluding carboxylic acids is 2. The monoisotopic (exact) mass is 405 g/mol. The largest absolute Gasteiger partial charge is 0.353 e. The molecule has 1 heterocycles. The van der Waals surface area contributed by atoms with Crippen LogP contribution in [0.3, 0.4) is 0 Å². The van der Waals surface area contributed by atoms with E-state index >= 15 is 0 Å². The van der Waals surface area contributed by atoms with Gasteiger partial charge in [0.1, 0.15) is 5.82 Å². The molecule has 2 N–H and O–H groups in total. The van der Waals surface area contributed by atoms with Gasteiger partial charge >= 0.3 is 0 Å². The van der Waals surface area contributed by atoms with Crippen LogP contribution in [0.25, 0.3) is 10.8 Å². The Hall–Kier alpha value is -3.25. The number of piperazine rings is 1. The van der Waals surface area contributed by atoms with E-state index in [1.54, 1.807) is 12.1 Å². The van der Waals surface area contributed by atoms with Crippen molar-refractivity contribution in [2.24, 2.45) is 0 Å². The number of carbonyl (C=O) groups is 2. The van der Waals surface area contributed by atoms with Gasteiger partial charge in [0.05, 0.1) is 12.5 Å². The molecule has 1 aliphatic heterocycles. The van der Waals surface area contributed by atoms with E-state index in [0.29, 0.717) is 25.2 Å². The van der Waals surface area contributed by atoms with E-state index in [9.17, 15) is 14.0 Å². The molecule has 154 valence electrons. The molecule has 2 amide bonds. The summed E-state index contributed by atoms with van der Waals surface area (Å²) in [4.78, 5) is 27.1. The summed E-state index contributed by atoms with van der Waals surface area (Å²) >= 11 is 0. The number of benzene rings is 3. The van der Waals surface area contributed by atoms with E-state index in [1.165, 1.54) is 12.1 Å². The van der Waals surface area contributed by atoms with Crippen molar-refractivity contribution >= 4 is 22.6 Å². The molecule has 0 aromatic heterocycles. The van der Waals surface area contributed by atoms with Gasteiger partial charge in [0.25, 0.3) is 0 Å². The fourth-order valence-electron chi connectivity index (χ4n) is 3.92. The number of nitrogens with zero attached hydrogens (tertiary/aromatic N) is 1. The minimum absolute atomic E-state index is 0.0614. The zero-order valence-electron chi connectivity index (χ0n) is 16.6. The number of hydrogen-bond acceptors (Lipinski definition) is 3. The number of halogens is 1. The zero-order chi connectivity index (χ0) is 20.9. The summed E-state index contributed by atoms with van der Waals surface area (Å²) in [6.07, 6.45) is 0.0614. The summed E-state index contributed by atoms with van der Waals surface area (Å²) in [6, 6.07) is 19.9. The molecule has 0 aliphatic carbocycles. The van der Waals surface area contributed by atoms with Gasteiger partial charge in [-0.05, 0) is 34.0 Å². The highest BCUT2D eigenvalue weighted by Crippen LogP contribution is 2.22. The summed E-state index contributed by atoms with van der Waals surface area (Å²) in [5.41, 5.74) is 1.82. The summed E-state index contributed by atoms with van der Waals surface area (Å²) in [5.74, 6) is -0.707. The molecule has 0 unspecified atom stereocenters. The minimum Gasteiger partial charge on any atom is -0.353 e. The first-order valence-corrected chi connectivity index (χ1v) is 10.1. The summed E-state index contributed by atoms with van der Waals surface area (Å²) in [5, 5.41) is 7.96. The fourth-order valence-corrected chi connectivity index (χ4v) is 3.92. The van der Waals surface area contributed by atoms with Gasteiger partial charge in [-0.1, -0.05) is 54.6 Å². The number of amides is 2. The van der Waals surface area contributed by atoms with Crippen molar-refractivity contribution in [1.82, 2.24) is 15.5 Å². The number of nitrogens with one attached hydrogen (secondary N) is 2. The Morgan fingerprint density at radius 3 is 2.77 bits per heavy atom. The molecular formula is C24H24FN3O2. The predicted octanol–water partition coefficient (Wildman–Crippen LogP) is 2.99. The van der Waals surface area contributed by atoms with Crippen LogP contribution < -0.4 is 10.6 Å². The maximum atomic E-state index is 13.3. The molecule has 1 aliphatic rings. The number of fused-ring (bicyclic) bond motifs is 1. The Bertz CT molecular complexity index is 1060. The molecule has 30 heavy (non-hydrogen) atoms. The van der Waals surface area contributed by atoms with E-state index in [0.717, 1.165) is 16.3 Å². The van der Waals surface area contributed by atoms with Crippen LogP contribution in [-0.4, -0.2) is 35.8 Å². The van der Waals surface area contributed by atoms with E-state index in [4.69, 9.17) is 0 Å². The van der Waals surface area contributed by atoms with Crippen LogP contribution in [0, 0.1) is 5.82 Å². The lowest BCUT2D eigenvalue weighted by Gasteiger charge is -2.35. The quantitative estimate of drug-likeness (QED) is 0.663. The zero-order valence-corrected chi connectivity index (χ0v) is 16.6. The van der Waals surface area contributed by atoms with Crippen molar-refractivity contribution in [1.29, 1.82) is 0 Å². The second-order valence-corrected chi connectivity index (χ2v) is 7.53. The van der Waals surface area contributed by atoms with Crippen molar-refractivity contribution in [3.8, 4) is 0 Å². The third kappa shape index (κ3) is 4.66. The fraction of sp³-hybridized carbons (Fsp3) is 0.250. The average molecular weight is 405 g/mol. The van der Waals surface area contributed by atoms with Crippen molar-refractivity contribution in [3.05, 3.63) is 83.7 Å². The molecule has 6 heteroatoms. The number of rotatable bonds is 6. The Kier molecular flexibility index (Phi) is 6.05. The molecule has 4 rings (SSSR count). The smallest absolute Gasteiger partial charge is 0.237 e. The van der Waals surface area contributed by atoms with Crippen LogP contribution in [0.4, 0.5) is 4.39 Å². The highest BCUT2D eigenvalue weighted by Gasteiger charge is 2.31. The standard InChI is InChI=1S/C24H24FN3O2/c25-20-9-3-5-17(13-20)15-27-23(29)14-22-24(30)26-11-12-28(22)16-19-8-4-7-18-6-1-2-10-21(18)19/h1-10,13,22H,11-12,14-16H2,(H,26,30)(H,27,29)/t22-/m1/s1. The summed E-state index contributed by atoms with van der Waals surface area (Å²) in [7, 11) is 0.